The zero-order valence-corrected chi connectivity index (χ0v) is 10.6. The van der Waals surface area contributed by atoms with Crippen LogP contribution >= 0.6 is 0 Å². The Balaban J connectivity index is 3.57. The van der Waals surface area contributed by atoms with E-state index in [4.69, 9.17) is 4.74 Å². The molecule has 0 spiro atoms. The minimum absolute atomic E-state index is 0.632. The Morgan fingerprint density at radius 3 is 2.60 bits per heavy atom. The summed E-state index contributed by atoms with van der Waals surface area (Å²) in [5, 5.41) is 3.52. The van der Waals surface area contributed by atoms with Crippen molar-refractivity contribution in [3.05, 3.63) is 12.2 Å². The Hall–Kier alpha value is -0.340. The van der Waals surface area contributed by atoms with Crippen LogP contribution in [0.1, 0.15) is 46.5 Å². The average molecular weight is 213 g/mol. The quantitative estimate of drug-likeness (QED) is 0.444. The fraction of sp³-hybridized carbons (Fsp3) is 0.846. The van der Waals surface area contributed by atoms with Crippen LogP contribution in [-0.4, -0.2) is 25.8 Å². The number of hydrogen-bond donors (Lipinski definition) is 1. The third-order valence-electron chi connectivity index (χ3n) is 2.46. The van der Waals surface area contributed by atoms with Crippen molar-refractivity contribution in [2.45, 2.75) is 52.5 Å². The fourth-order valence-corrected chi connectivity index (χ4v) is 1.63. The lowest BCUT2D eigenvalue weighted by Crippen LogP contribution is -2.29. The molecule has 2 nitrogen and oxygen atoms in total. The topological polar surface area (TPSA) is 21.3 Å². The van der Waals surface area contributed by atoms with Crippen molar-refractivity contribution >= 4 is 0 Å². The molecule has 0 aliphatic carbocycles. The van der Waals surface area contributed by atoms with Crippen molar-refractivity contribution in [2.75, 3.05) is 19.8 Å². The largest absolute Gasteiger partial charge is 0.382 e. The van der Waals surface area contributed by atoms with Gasteiger partial charge < -0.3 is 10.1 Å². The van der Waals surface area contributed by atoms with E-state index in [1.807, 2.05) is 6.92 Å². The summed E-state index contributed by atoms with van der Waals surface area (Å²) in [6.45, 7) is 13.0. The molecular formula is C13H27NO. The molecule has 0 bridgehead atoms. The van der Waals surface area contributed by atoms with Gasteiger partial charge in [-0.2, -0.15) is 0 Å². The van der Waals surface area contributed by atoms with E-state index < -0.39 is 0 Å². The zero-order valence-electron chi connectivity index (χ0n) is 10.6. The van der Waals surface area contributed by atoms with Gasteiger partial charge in [-0.15, -0.1) is 6.58 Å². The van der Waals surface area contributed by atoms with Crippen LogP contribution in [0.15, 0.2) is 12.2 Å². The van der Waals surface area contributed by atoms with Crippen molar-refractivity contribution in [1.29, 1.82) is 0 Å². The third kappa shape index (κ3) is 9.95. The van der Waals surface area contributed by atoms with Crippen LogP contribution in [-0.2, 0) is 4.74 Å². The van der Waals surface area contributed by atoms with Gasteiger partial charge in [0, 0.05) is 19.3 Å². The molecule has 0 aromatic heterocycles. The molecule has 1 N–H and O–H groups in total. The molecule has 0 radical (unpaired) electrons. The second kappa shape index (κ2) is 10.2. The molecule has 15 heavy (non-hydrogen) atoms. The summed E-state index contributed by atoms with van der Waals surface area (Å²) in [6, 6.07) is 0.632. The van der Waals surface area contributed by atoms with Crippen LogP contribution < -0.4 is 5.32 Å². The molecule has 0 saturated carbocycles. The van der Waals surface area contributed by atoms with Crippen LogP contribution in [0.3, 0.4) is 0 Å². The van der Waals surface area contributed by atoms with Crippen molar-refractivity contribution in [2.24, 2.45) is 0 Å². The van der Waals surface area contributed by atoms with Crippen molar-refractivity contribution < 1.29 is 4.74 Å². The van der Waals surface area contributed by atoms with Gasteiger partial charge in [-0.1, -0.05) is 12.5 Å². The third-order valence-corrected chi connectivity index (χ3v) is 2.46. The van der Waals surface area contributed by atoms with E-state index in [-0.39, 0.29) is 0 Å². The predicted molar refractivity (Wildman–Crippen MR) is 67.2 cm³/mol. The van der Waals surface area contributed by atoms with E-state index in [1.165, 1.54) is 18.4 Å². The maximum absolute atomic E-state index is 5.34. The van der Waals surface area contributed by atoms with Gasteiger partial charge in [-0.05, 0) is 46.1 Å². The lowest BCUT2D eigenvalue weighted by atomic mass is 10.0. The monoisotopic (exact) mass is 213 g/mol. The average Bonchev–Trinajstić information content (AvgIpc) is 2.20. The minimum atomic E-state index is 0.632. The molecule has 1 unspecified atom stereocenters. The first kappa shape index (κ1) is 14.7. The zero-order chi connectivity index (χ0) is 11.5. The lowest BCUT2D eigenvalue weighted by Gasteiger charge is -2.17. The van der Waals surface area contributed by atoms with Crippen LogP contribution in [0, 0.1) is 0 Å². The summed E-state index contributed by atoms with van der Waals surface area (Å²) in [5.41, 5.74) is 1.28. The molecule has 0 aliphatic heterocycles. The summed E-state index contributed by atoms with van der Waals surface area (Å²) in [7, 11) is 0. The molecule has 0 fully saturated rings. The van der Waals surface area contributed by atoms with Crippen molar-refractivity contribution in [3.8, 4) is 0 Å². The highest BCUT2D eigenvalue weighted by Crippen LogP contribution is 2.09. The number of ether oxygens (including phenoxy) is 1. The van der Waals surface area contributed by atoms with Gasteiger partial charge in [0.15, 0.2) is 0 Å². The molecule has 0 rings (SSSR count). The Morgan fingerprint density at radius 1 is 1.33 bits per heavy atom. The summed E-state index contributed by atoms with van der Waals surface area (Å²) in [6.07, 6.45) is 4.70. The van der Waals surface area contributed by atoms with Crippen molar-refractivity contribution in [1.82, 2.24) is 5.32 Å². The lowest BCUT2D eigenvalue weighted by molar-refractivity contribution is 0.140. The molecular weight excluding hydrogens is 186 g/mol. The molecule has 1 atom stereocenters. The second-order valence-electron chi connectivity index (χ2n) is 4.09. The first-order chi connectivity index (χ1) is 7.20. The number of allylic oxidation sites excluding steroid dienone is 1. The Labute approximate surface area is 95.1 Å². The Morgan fingerprint density at radius 2 is 2.07 bits per heavy atom. The number of rotatable bonds is 10. The van der Waals surface area contributed by atoms with E-state index in [0.717, 1.165) is 32.6 Å². The normalized spacial score (nSPS) is 12.7. The molecule has 2 heteroatoms. The van der Waals surface area contributed by atoms with E-state index in [2.05, 4.69) is 25.7 Å². The smallest absolute Gasteiger partial charge is 0.0466 e. The van der Waals surface area contributed by atoms with Gasteiger partial charge in [-0.25, -0.2) is 0 Å². The van der Waals surface area contributed by atoms with Crippen LogP contribution in [0.2, 0.25) is 0 Å². The summed E-state index contributed by atoms with van der Waals surface area (Å²) >= 11 is 0. The van der Waals surface area contributed by atoms with E-state index in [1.54, 1.807) is 0 Å². The Bertz CT molecular complexity index is 157. The van der Waals surface area contributed by atoms with E-state index >= 15 is 0 Å². The first-order valence-electron chi connectivity index (χ1n) is 6.16. The minimum Gasteiger partial charge on any atom is -0.382 e. The van der Waals surface area contributed by atoms with Crippen LogP contribution in [0.25, 0.3) is 0 Å². The SMILES string of the molecule is C=C(C)CCC(CCCOCC)NCC. The maximum Gasteiger partial charge on any atom is 0.0466 e. The van der Waals surface area contributed by atoms with Gasteiger partial charge in [0.1, 0.15) is 0 Å². The predicted octanol–water partition coefficient (Wildman–Crippen LogP) is 3.14. The highest BCUT2D eigenvalue weighted by atomic mass is 16.5. The van der Waals surface area contributed by atoms with Crippen molar-refractivity contribution in [3.63, 3.8) is 0 Å². The molecule has 90 valence electrons. The van der Waals surface area contributed by atoms with Gasteiger partial charge in [0.2, 0.25) is 0 Å². The molecule has 0 saturated heterocycles. The molecule has 0 aromatic rings. The maximum atomic E-state index is 5.34. The highest BCUT2D eigenvalue weighted by molar-refractivity contribution is 4.89. The van der Waals surface area contributed by atoms with Gasteiger partial charge in [0.25, 0.3) is 0 Å². The van der Waals surface area contributed by atoms with Gasteiger partial charge in [0.05, 0.1) is 0 Å². The highest BCUT2D eigenvalue weighted by Gasteiger charge is 2.06. The van der Waals surface area contributed by atoms with E-state index in [0.29, 0.717) is 6.04 Å². The summed E-state index contributed by atoms with van der Waals surface area (Å²) in [4.78, 5) is 0. The standard InChI is InChI=1S/C13H27NO/c1-5-14-13(10-9-12(3)4)8-7-11-15-6-2/h13-14H,3,5-11H2,1-2,4H3. The summed E-state index contributed by atoms with van der Waals surface area (Å²) < 4.78 is 5.34. The van der Waals surface area contributed by atoms with Crippen LogP contribution in [0.4, 0.5) is 0 Å². The summed E-state index contributed by atoms with van der Waals surface area (Å²) in [5.74, 6) is 0. The van der Waals surface area contributed by atoms with Gasteiger partial charge >= 0.3 is 0 Å². The molecule has 0 aromatic carbocycles. The van der Waals surface area contributed by atoms with Crippen LogP contribution in [0.5, 0.6) is 0 Å². The first-order valence-corrected chi connectivity index (χ1v) is 6.16. The van der Waals surface area contributed by atoms with Gasteiger partial charge in [-0.3, -0.25) is 0 Å². The Kier molecular flexibility index (Phi) is 9.96. The molecule has 0 amide bonds. The second-order valence-corrected chi connectivity index (χ2v) is 4.09. The number of nitrogens with one attached hydrogen (secondary N) is 1. The fourth-order valence-electron chi connectivity index (χ4n) is 1.63. The number of hydrogen-bond acceptors (Lipinski definition) is 2. The molecule has 0 heterocycles. The van der Waals surface area contributed by atoms with E-state index in [9.17, 15) is 0 Å². The molecule has 0 aliphatic rings.